The molecule has 0 amide bonds. The van der Waals surface area contributed by atoms with Crippen LogP contribution in [0, 0.1) is 23.3 Å². The third kappa shape index (κ3) is 4.75. The molecule has 0 bridgehead atoms. The molecule has 0 radical (unpaired) electrons. The Morgan fingerprint density at radius 2 is 1.70 bits per heavy atom. The highest BCUT2D eigenvalue weighted by atomic mass is 19.2. The molecule has 0 atom stereocenters. The fraction of sp³-hybridized carbons (Fsp3) is 0.200. The summed E-state index contributed by atoms with van der Waals surface area (Å²) in [4.78, 5) is 13.6. The molecule has 0 unspecified atom stereocenters. The standard InChI is InChI=1S/C9H10F4N.C6H5NO2/c1-14(2,3)6-4-5(10)7(11)9(13)8(6)12;8-6(9)5-2-1-3-7-4-5/h4H,1-3H3;1-4H,(H,8,9)/q+1;/p-1. The fourth-order valence-corrected chi connectivity index (χ4v) is 1.53. The zero-order valence-electron chi connectivity index (χ0n) is 12.6. The first-order valence-corrected chi connectivity index (χ1v) is 6.32. The first-order chi connectivity index (χ1) is 10.6. The van der Waals surface area contributed by atoms with Gasteiger partial charge in [0.25, 0.3) is 0 Å². The lowest BCUT2D eigenvalue weighted by Crippen LogP contribution is -2.36. The maximum Gasteiger partial charge on any atom is 0.222 e. The Balaban J connectivity index is 0.000000253. The number of hydrogen-bond acceptors (Lipinski definition) is 3. The van der Waals surface area contributed by atoms with Gasteiger partial charge in [0.1, 0.15) is 0 Å². The van der Waals surface area contributed by atoms with Crippen molar-refractivity contribution in [3.63, 3.8) is 0 Å². The van der Waals surface area contributed by atoms with Gasteiger partial charge in [0.15, 0.2) is 17.3 Å². The Labute approximate surface area is 130 Å². The predicted molar refractivity (Wildman–Crippen MR) is 74.4 cm³/mol. The molecule has 0 spiro atoms. The lowest BCUT2D eigenvalue weighted by atomic mass is 10.2. The van der Waals surface area contributed by atoms with E-state index in [-0.39, 0.29) is 15.7 Å². The van der Waals surface area contributed by atoms with Gasteiger partial charge in [0, 0.05) is 24.0 Å². The molecule has 1 heterocycles. The van der Waals surface area contributed by atoms with Gasteiger partial charge in [-0.3, -0.25) is 9.47 Å². The summed E-state index contributed by atoms with van der Waals surface area (Å²) < 4.78 is 51.1. The highest BCUT2D eigenvalue weighted by molar-refractivity contribution is 5.85. The van der Waals surface area contributed by atoms with E-state index in [1.54, 1.807) is 6.07 Å². The number of carbonyl (C=O) groups is 1. The molecule has 0 N–H and O–H groups in total. The van der Waals surface area contributed by atoms with E-state index in [0.29, 0.717) is 6.07 Å². The van der Waals surface area contributed by atoms with Gasteiger partial charge < -0.3 is 9.90 Å². The highest BCUT2D eigenvalue weighted by Gasteiger charge is 2.26. The molecule has 0 saturated carbocycles. The smallest absolute Gasteiger partial charge is 0.222 e. The van der Waals surface area contributed by atoms with Crippen LogP contribution in [0.15, 0.2) is 30.6 Å². The Morgan fingerprint density at radius 3 is 2.09 bits per heavy atom. The maximum atomic E-state index is 13.1. The molecule has 2 rings (SSSR count). The Bertz CT molecular complexity index is 701. The summed E-state index contributed by atoms with van der Waals surface area (Å²) in [6, 6.07) is 3.64. The number of benzene rings is 1. The normalized spacial score (nSPS) is 10.7. The number of carboxylic acids is 1. The van der Waals surface area contributed by atoms with E-state index in [0.717, 1.165) is 0 Å². The molecule has 1 aromatic carbocycles. The SMILES string of the molecule is C[N+](C)(C)c1cc(F)c(F)c(F)c1F.O=C([O-])c1cccnc1. The zero-order valence-corrected chi connectivity index (χ0v) is 12.6. The molecule has 0 aliphatic carbocycles. The minimum Gasteiger partial charge on any atom is -0.545 e. The molecule has 23 heavy (non-hydrogen) atoms. The number of quaternary nitrogens is 1. The molecule has 0 fully saturated rings. The van der Waals surface area contributed by atoms with Gasteiger partial charge >= 0.3 is 0 Å². The molecule has 1 aromatic heterocycles. The van der Waals surface area contributed by atoms with Crippen LogP contribution in [0.3, 0.4) is 0 Å². The van der Waals surface area contributed by atoms with Crippen molar-refractivity contribution in [2.45, 2.75) is 0 Å². The van der Waals surface area contributed by atoms with Crippen LogP contribution in [0.2, 0.25) is 0 Å². The minimum absolute atomic E-state index is 0.109. The Kier molecular flexibility index (Phi) is 5.80. The average Bonchev–Trinajstić information content (AvgIpc) is 2.49. The van der Waals surface area contributed by atoms with Crippen molar-refractivity contribution in [2.75, 3.05) is 21.1 Å². The van der Waals surface area contributed by atoms with Crippen molar-refractivity contribution in [3.05, 3.63) is 59.4 Å². The van der Waals surface area contributed by atoms with Gasteiger partial charge in [-0.15, -0.1) is 0 Å². The zero-order chi connectivity index (χ0) is 17.8. The van der Waals surface area contributed by atoms with Gasteiger partial charge in [0.2, 0.25) is 11.6 Å². The van der Waals surface area contributed by atoms with Crippen LogP contribution in [-0.4, -0.2) is 32.1 Å². The van der Waals surface area contributed by atoms with Gasteiger partial charge in [-0.2, -0.15) is 4.39 Å². The second kappa shape index (κ2) is 7.19. The van der Waals surface area contributed by atoms with Gasteiger partial charge in [0.05, 0.1) is 27.1 Å². The fourth-order valence-electron chi connectivity index (χ4n) is 1.53. The third-order valence-corrected chi connectivity index (χ3v) is 2.70. The summed E-state index contributed by atoms with van der Waals surface area (Å²) in [6.45, 7) is 0. The molecule has 4 nitrogen and oxygen atoms in total. The first kappa shape index (κ1) is 18.6. The van der Waals surface area contributed by atoms with Crippen molar-refractivity contribution in [1.29, 1.82) is 0 Å². The van der Waals surface area contributed by atoms with Crippen LogP contribution in [-0.2, 0) is 0 Å². The van der Waals surface area contributed by atoms with Crippen LogP contribution in [0.1, 0.15) is 10.4 Å². The van der Waals surface area contributed by atoms with E-state index in [4.69, 9.17) is 0 Å². The van der Waals surface area contributed by atoms with Crippen LogP contribution in [0.5, 0.6) is 0 Å². The summed E-state index contributed by atoms with van der Waals surface area (Å²) in [5.41, 5.74) is -0.126. The van der Waals surface area contributed by atoms with E-state index in [9.17, 15) is 27.5 Å². The second-order valence-electron chi connectivity index (χ2n) is 5.36. The second-order valence-corrected chi connectivity index (χ2v) is 5.36. The third-order valence-electron chi connectivity index (χ3n) is 2.70. The largest absolute Gasteiger partial charge is 0.545 e. The lowest BCUT2D eigenvalue weighted by molar-refractivity contribution is -0.255. The van der Waals surface area contributed by atoms with Crippen molar-refractivity contribution in [1.82, 2.24) is 9.47 Å². The average molecular weight is 330 g/mol. The quantitative estimate of drug-likeness (QED) is 0.366. The van der Waals surface area contributed by atoms with E-state index in [2.05, 4.69) is 4.98 Å². The molecule has 0 aliphatic heterocycles. The number of aromatic carboxylic acids is 1. The Hall–Kier alpha value is -2.48. The number of carbonyl (C=O) groups excluding carboxylic acids is 1. The van der Waals surface area contributed by atoms with E-state index >= 15 is 0 Å². The van der Waals surface area contributed by atoms with Crippen molar-refractivity contribution < 1.29 is 27.5 Å². The maximum absolute atomic E-state index is 13.1. The summed E-state index contributed by atoms with van der Waals surface area (Å²) in [7, 11) is 4.57. The van der Waals surface area contributed by atoms with Gasteiger partial charge in [-0.05, 0) is 6.07 Å². The molecular weight excluding hydrogens is 316 g/mol. The van der Waals surface area contributed by atoms with Crippen LogP contribution in [0.25, 0.3) is 0 Å². The number of pyridine rings is 1. The van der Waals surface area contributed by atoms with Crippen molar-refractivity contribution in [3.8, 4) is 0 Å². The van der Waals surface area contributed by atoms with Crippen molar-refractivity contribution in [2.24, 2.45) is 0 Å². The van der Waals surface area contributed by atoms with Crippen molar-refractivity contribution >= 4 is 11.7 Å². The minimum atomic E-state index is -1.78. The monoisotopic (exact) mass is 330 g/mol. The van der Waals surface area contributed by atoms with E-state index < -0.39 is 29.2 Å². The molecule has 8 heteroatoms. The van der Waals surface area contributed by atoms with Gasteiger partial charge in [-0.1, -0.05) is 6.07 Å². The van der Waals surface area contributed by atoms with Crippen LogP contribution >= 0.6 is 0 Å². The summed E-state index contributed by atoms with van der Waals surface area (Å²) >= 11 is 0. The van der Waals surface area contributed by atoms with Crippen LogP contribution < -0.4 is 9.59 Å². The van der Waals surface area contributed by atoms with E-state index in [1.807, 2.05) is 0 Å². The van der Waals surface area contributed by atoms with Crippen LogP contribution in [0.4, 0.5) is 23.2 Å². The first-order valence-electron chi connectivity index (χ1n) is 6.32. The Morgan fingerprint density at radius 1 is 1.09 bits per heavy atom. The number of halogens is 4. The molecule has 0 saturated heterocycles. The molecule has 124 valence electrons. The lowest BCUT2D eigenvalue weighted by Gasteiger charge is -2.23. The molecule has 2 aromatic rings. The summed E-state index contributed by atoms with van der Waals surface area (Å²) in [5.74, 6) is -7.47. The molecule has 0 aliphatic rings. The number of hydrogen-bond donors (Lipinski definition) is 0. The van der Waals surface area contributed by atoms with E-state index in [1.165, 1.54) is 39.6 Å². The number of aromatic nitrogens is 1. The summed E-state index contributed by atoms with van der Waals surface area (Å²) in [6.07, 6.45) is 2.75. The highest BCUT2D eigenvalue weighted by Crippen LogP contribution is 2.27. The number of nitrogens with zero attached hydrogens (tertiary/aromatic N) is 2. The predicted octanol–water partition coefficient (Wildman–Crippen LogP) is 1.88. The van der Waals surface area contributed by atoms with Gasteiger partial charge in [-0.25, -0.2) is 13.2 Å². The number of carboxylic acid groups (broad SMARTS) is 1. The molecular formula is C15H14F4N2O2. The number of rotatable bonds is 2. The topological polar surface area (TPSA) is 53.0 Å². The summed E-state index contributed by atoms with van der Waals surface area (Å²) in [5, 5.41) is 10.0.